The molecule has 1 rings (SSSR count). The van der Waals surface area contributed by atoms with Crippen LogP contribution < -0.4 is 5.32 Å². The Bertz CT molecular complexity index is 368. The summed E-state index contributed by atoms with van der Waals surface area (Å²) < 4.78 is 0. The second-order valence-corrected chi connectivity index (χ2v) is 3.79. The summed E-state index contributed by atoms with van der Waals surface area (Å²) in [5.74, 6) is -1.01. The highest BCUT2D eigenvalue weighted by atomic mass is 35.5. The number of carboxylic acid groups (broad SMARTS) is 1. The van der Waals surface area contributed by atoms with E-state index in [1.54, 1.807) is 12.1 Å². The molecule has 0 aliphatic heterocycles. The minimum Gasteiger partial charge on any atom is -0.478 e. The number of hydrogen-bond donors (Lipinski definition) is 3. The Balaban J connectivity index is 2.67. The summed E-state index contributed by atoms with van der Waals surface area (Å²) in [4.78, 5) is 10.9. The molecule has 16 heavy (non-hydrogen) atoms. The van der Waals surface area contributed by atoms with Crippen molar-refractivity contribution in [1.82, 2.24) is 0 Å². The van der Waals surface area contributed by atoms with Crippen LogP contribution in [0, 0.1) is 0 Å². The van der Waals surface area contributed by atoms with E-state index < -0.39 is 5.97 Å². The lowest BCUT2D eigenvalue weighted by atomic mass is 10.1. The smallest absolute Gasteiger partial charge is 0.337 e. The van der Waals surface area contributed by atoms with E-state index in [1.807, 2.05) is 0 Å². The van der Waals surface area contributed by atoms with E-state index in [-0.39, 0.29) is 12.2 Å². The van der Waals surface area contributed by atoms with Gasteiger partial charge in [-0.05, 0) is 31.0 Å². The zero-order valence-corrected chi connectivity index (χ0v) is 9.50. The van der Waals surface area contributed by atoms with Crippen molar-refractivity contribution in [1.29, 1.82) is 0 Å². The first kappa shape index (κ1) is 12.8. The van der Waals surface area contributed by atoms with E-state index in [4.69, 9.17) is 21.8 Å². The maximum absolute atomic E-state index is 10.9. The number of aromatic carboxylic acids is 1. The molecule has 0 radical (unpaired) electrons. The fraction of sp³-hybridized carbons (Fsp3) is 0.364. The monoisotopic (exact) mass is 243 g/mol. The second-order valence-electron chi connectivity index (χ2n) is 3.35. The molecule has 0 amide bonds. The first-order valence-corrected chi connectivity index (χ1v) is 5.40. The van der Waals surface area contributed by atoms with Crippen molar-refractivity contribution in [2.24, 2.45) is 0 Å². The number of nitrogens with one attached hydrogen (secondary N) is 1. The molecule has 0 aromatic heterocycles. The number of hydrogen-bond acceptors (Lipinski definition) is 3. The van der Waals surface area contributed by atoms with Gasteiger partial charge in [0.15, 0.2) is 0 Å². The third kappa shape index (κ3) is 3.72. The van der Waals surface area contributed by atoms with Crippen LogP contribution in [-0.2, 0) is 0 Å². The summed E-state index contributed by atoms with van der Waals surface area (Å²) in [5, 5.41) is 21.0. The summed E-state index contributed by atoms with van der Waals surface area (Å²) in [7, 11) is 0. The van der Waals surface area contributed by atoms with Crippen molar-refractivity contribution in [2.75, 3.05) is 18.5 Å². The topological polar surface area (TPSA) is 69.6 Å². The molecule has 88 valence electrons. The number of carbonyl (C=O) groups is 1. The Morgan fingerprint density at radius 3 is 2.75 bits per heavy atom. The summed E-state index contributed by atoms with van der Waals surface area (Å²) in [6.45, 7) is 0.774. The highest BCUT2D eigenvalue weighted by Gasteiger charge is 2.09. The first-order valence-electron chi connectivity index (χ1n) is 5.02. The Labute approximate surface area is 98.9 Å². The second kappa shape index (κ2) is 6.35. The highest BCUT2D eigenvalue weighted by molar-refractivity contribution is 6.31. The lowest BCUT2D eigenvalue weighted by molar-refractivity contribution is 0.0698. The van der Waals surface area contributed by atoms with Gasteiger partial charge >= 0.3 is 5.97 Å². The molecular weight excluding hydrogens is 230 g/mol. The van der Waals surface area contributed by atoms with Gasteiger partial charge in [-0.15, -0.1) is 0 Å². The van der Waals surface area contributed by atoms with E-state index >= 15 is 0 Å². The van der Waals surface area contributed by atoms with E-state index in [0.717, 1.165) is 6.42 Å². The van der Waals surface area contributed by atoms with Crippen molar-refractivity contribution in [3.05, 3.63) is 28.8 Å². The van der Waals surface area contributed by atoms with E-state index in [9.17, 15) is 4.79 Å². The van der Waals surface area contributed by atoms with Gasteiger partial charge in [-0.3, -0.25) is 0 Å². The third-order valence-corrected chi connectivity index (χ3v) is 2.35. The molecule has 0 atom stereocenters. The molecule has 3 N–H and O–H groups in total. The molecule has 0 aliphatic rings. The van der Waals surface area contributed by atoms with Crippen molar-refractivity contribution < 1.29 is 15.0 Å². The summed E-state index contributed by atoms with van der Waals surface area (Å²) in [6, 6.07) is 4.70. The maximum Gasteiger partial charge on any atom is 0.337 e. The number of rotatable bonds is 6. The molecule has 0 heterocycles. The minimum atomic E-state index is -1.01. The molecule has 0 spiro atoms. The van der Waals surface area contributed by atoms with Crippen LogP contribution in [0.1, 0.15) is 23.2 Å². The van der Waals surface area contributed by atoms with Crippen molar-refractivity contribution in [2.45, 2.75) is 12.8 Å². The molecule has 0 aliphatic carbocycles. The van der Waals surface area contributed by atoms with Gasteiger partial charge < -0.3 is 15.5 Å². The zero-order valence-electron chi connectivity index (χ0n) is 8.74. The Morgan fingerprint density at radius 2 is 2.12 bits per heavy atom. The van der Waals surface area contributed by atoms with E-state index in [2.05, 4.69) is 5.32 Å². The standard InChI is InChI=1S/C11H14ClNO3/c12-8-3-4-10(9(7-8)11(15)16)13-5-1-2-6-14/h3-4,7,13-14H,1-2,5-6H2,(H,15,16). The average Bonchev–Trinajstić information content (AvgIpc) is 2.26. The van der Waals surface area contributed by atoms with Crippen LogP contribution >= 0.6 is 11.6 Å². The first-order chi connectivity index (χ1) is 7.65. The number of carboxylic acids is 1. The number of benzene rings is 1. The predicted octanol–water partition coefficient (Wildman–Crippen LogP) is 2.22. The van der Waals surface area contributed by atoms with Crippen LogP contribution in [-0.4, -0.2) is 29.3 Å². The molecule has 0 bridgehead atoms. The van der Waals surface area contributed by atoms with Gasteiger partial charge in [0, 0.05) is 23.9 Å². The van der Waals surface area contributed by atoms with Crippen molar-refractivity contribution >= 4 is 23.3 Å². The Kier molecular flexibility index (Phi) is 5.08. The molecule has 0 saturated carbocycles. The van der Waals surface area contributed by atoms with Crippen LogP contribution in [0.4, 0.5) is 5.69 Å². The Morgan fingerprint density at radius 1 is 1.38 bits per heavy atom. The van der Waals surface area contributed by atoms with Crippen LogP contribution in [0.3, 0.4) is 0 Å². The molecule has 0 saturated heterocycles. The fourth-order valence-corrected chi connectivity index (χ4v) is 1.48. The predicted molar refractivity (Wildman–Crippen MR) is 63.2 cm³/mol. The summed E-state index contributed by atoms with van der Waals surface area (Å²) in [5.41, 5.74) is 0.714. The highest BCUT2D eigenvalue weighted by Crippen LogP contribution is 2.20. The number of anilines is 1. The van der Waals surface area contributed by atoms with Gasteiger partial charge in [0.05, 0.1) is 5.56 Å². The van der Waals surface area contributed by atoms with Crippen LogP contribution in [0.2, 0.25) is 5.02 Å². The van der Waals surface area contributed by atoms with Gasteiger partial charge in [-0.25, -0.2) is 4.79 Å². The van der Waals surface area contributed by atoms with Gasteiger partial charge in [-0.2, -0.15) is 0 Å². The molecule has 5 heteroatoms. The van der Waals surface area contributed by atoms with Gasteiger partial charge in [0.25, 0.3) is 0 Å². The zero-order chi connectivity index (χ0) is 12.0. The summed E-state index contributed by atoms with van der Waals surface area (Å²) in [6.07, 6.45) is 1.49. The van der Waals surface area contributed by atoms with Crippen molar-refractivity contribution in [3.63, 3.8) is 0 Å². The molecule has 0 unspecified atom stereocenters. The van der Waals surface area contributed by atoms with Crippen LogP contribution in [0.15, 0.2) is 18.2 Å². The number of aliphatic hydroxyl groups is 1. The fourth-order valence-electron chi connectivity index (χ4n) is 1.31. The normalized spacial score (nSPS) is 10.1. The lowest BCUT2D eigenvalue weighted by Crippen LogP contribution is -2.08. The molecule has 4 nitrogen and oxygen atoms in total. The molecule has 1 aromatic rings. The molecule has 0 fully saturated rings. The number of aliphatic hydroxyl groups excluding tert-OH is 1. The average molecular weight is 244 g/mol. The lowest BCUT2D eigenvalue weighted by Gasteiger charge is -2.09. The summed E-state index contributed by atoms with van der Waals surface area (Å²) >= 11 is 5.72. The molecule has 1 aromatic carbocycles. The van der Waals surface area contributed by atoms with E-state index in [1.165, 1.54) is 6.07 Å². The largest absolute Gasteiger partial charge is 0.478 e. The van der Waals surface area contributed by atoms with Gasteiger partial charge in [0.2, 0.25) is 0 Å². The van der Waals surface area contributed by atoms with Crippen LogP contribution in [0.25, 0.3) is 0 Å². The third-order valence-electron chi connectivity index (χ3n) is 2.11. The quantitative estimate of drug-likeness (QED) is 0.670. The minimum absolute atomic E-state index is 0.147. The van der Waals surface area contributed by atoms with Gasteiger partial charge in [0.1, 0.15) is 0 Å². The Hall–Kier alpha value is -1.26. The maximum atomic E-state index is 10.9. The van der Waals surface area contributed by atoms with Crippen molar-refractivity contribution in [3.8, 4) is 0 Å². The SMILES string of the molecule is O=C(O)c1cc(Cl)ccc1NCCCCO. The number of unbranched alkanes of at least 4 members (excludes halogenated alkanes) is 1. The van der Waals surface area contributed by atoms with Crippen LogP contribution in [0.5, 0.6) is 0 Å². The molecular formula is C11H14ClNO3. The van der Waals surface area contributed by atoms with Gasteiger partial charge in [-0.1, -0.05) is 11.6 Å². The van der Waals surface area contributed by atoms with E-state index in [0.29, 0.717) is 23.7 Å². The number of halogens is 1.